The molecule has 1 saturated heterocycles. The average Bonchev–Trinajstić information content (AvgIpc) is 2.64. The van der Waals surface area contributed by atoms with E-state index in [0.717, 1.165) is 29.7 Å². The van der Waals surface area contributed by atoms with Gasteiger partial charge in [0.05, 0.1) is 7.11 Å². The van der Waals surface area contributed by atoms with Crippen LogP contribution in [-0.4, -0.2) is 19.0 Å². The summed E-state index contributed by atoms with van der Waals surface area (Å²) in [5.74, 6) is 0.522. The lowest BCUT2D eigenvalue weighted by molar-refractivity contribution is -0.124. The van der Waals surface area contributed by atoms with Gasteiger partial charge >= 0.3 is 6.03 Å². The fraction of sp³-hybridized carbons (Fsp3) is 0.385. The Bertz CT molecular complexity index is 541. The molecule has 2 N–H and O–H groups in total. The van der Waals surface area contributed by atoms with Gasteiger partial charge in [0.1, 0.15) is 11.3 Å². The van der Waals surface area contributed by atoms with E-state index in [1.54, 1.807) is 7.11 Å². The summed E-state index contributed by atoms with van der Waals surface area (Å²) >= 11 is 0. The summed E-state index contributed by atoms with van der Waals surface area (Å²) in [5, 5.41) is 5.10. The Kier molecular flexibility index (Phi) is 2.29. The molecule has 1 atom stereocenters. The molecule has 0 radical (unpaired) electrons. The molecule has 1 aromatic rings. The van der Waals surface area contributed by atoms with Crippen molar-refractivity contribution in [3.8, 4) is 5.75 Å². The largest absolute Gasteiger partial charge is 0.497 e. The van der Waals surface area contributed by atoms with Gasteiger partial charge in [-0.05, 0) is 42.5 Å². The monoisotopic (exact) mass is 246 g/mol. The summed E-state index contributed by atoms with van der Waals surface area (Å²) in [5.41, 5.74) is 1.08. The predicted octanol–water partition coefficient (Wildman–Crippen LogP) is 1.07. The van der Waals surface area contributed by atoms with Crippen molar-refractivity contribution >= 4 is 11.9 Å². The van der Waals surface area contributed by atoms with Crippen molar-refractivity contribution in [1.82, 2.24) is 10.6 Å². The molecule has 1 aliphatic heterocycles. The number of urea groups is 1. The smallest absolute Gasteiger partial charge is 0.322 e. The van der Waals surface area contributed by atoms with E-state index < -0.39 is 11.6 Å². The van der Waals surface area contributed by atoms with Gasteiger partial charge in [-0.2, -0.15) is 0 Å². The number of nitrogens with one attached hydrogen (secondary N) is 2. The van der Waals surface area contributed by atoms with Crippen LogP contribution in [0.5, 0.6) is 5.75 Å². The molecule has 94 valence electrons. The van der Waals surface area contributed by atoms with E-state index in [2.05, 4.69) is 10.6 Å². The molecular weight excluding hydrogens is 232 g/mol. The van der Waals surface area contributed by atoms with E-state index in [1.165, 1.54) is 0 Å². The molecule has 0 aromatic heterocycles. The number of rotatable bonds is 1. The van der Waals surface area contributed by atoms with Crippen LogP contribution in [0.4, 0.5) is 4.79 Å². The van der Waals surface area contributed by atoms with E-state index in [1.807, 2.05) is 18.2 Å². The van der Waals surface area contributed by atoms with Gasteiger partial charge in [0.25, 0.3) is 5.91 Å². The van der Waals surface area contributed by atoms with Gasteiger partial charge in [0.15, 0.2) is 0 Å². The van der Waals surface area contributed by atoms with E-state index in [-0.39, 0.29) is 5.91 Å². The van der Waals surface area contributed by atoms with Crippen LogP contribution in [0.3, 0.4) is 0 Å². The zero-order valence-electron chi connectivity index (χ0n) is 10.1. The first kappa shape index (κ1) is 11.1. The molecule has 1 spiro atoms. The van der Waals surface area contributed by atoms with Crippen LogP contribution in [0, 0.1) is 0 Å². The van der Waals surface area contributed by atoms with Crippen LogP contribution < -0.4 is 15.4 Å². The molecule has 1 heterocycles. The van der Waals surface area contributed by atoms with Gasteiger partial charge in [-0.15, -0.1) is 0 Å². The molecule has 5 nitrogen and oxygen atoms in total. The summed E-state index contributed by atoms with van der Waals surface area (Å²) in [6, 6.07) is 5.22. The lowest BCUT2D eigenvalue weighted by Gasteiger charge is -2.33. The van der Waals surface area contributed by atoms with E-state index in [4.69, 9.17) is 4.74 Å². The molecule has 0 bridgehead atoms. The Labute approximate surface area is 105 Å². The van der Waals surface area contributed by atoms with E-state index >= 15 is 0 Å². The van der Waals surface area contributed by atoms with Crippen molar-refractivity contribution in [2.24, 2.45) is 0 Å². The zero-order chi connectivity index (χ0) is 12.8. The van der Waals surface area contributed by atoms with E-state index in [9.17, 15) is 9.59 Å². The Morgan fingerprint density at radius 1 is 1.33 bits per heavy atom. The number of benzene rings is 1. The summed E-state index contributed by atoms with van der Waals surface area (Å²) in [6.45, 7) is 0. The molecule has 18 heavy (non-hydrogen) atoms. The van der Waals surface area contributed by atoms with Crippen LogP contribution >= 0.6 is 0 Å². The van der Waals surface area contributed by atoms with Gasteiger partial charge in [-0.1, -0.05) is 6.07 Å². The maximum absolute atomic E-state index is 12.1. The van der Waals surface area contributed by atoms with Crippen molar-refractivity contribution in [3.05, 3.63) is 29.3 Å². The normalized spacial score (nSPS) is 25.6. The highest BCUT2D eigenvalue weighted by Crippen LogP contribution is 2.38. The highest BCUT2D eigenvalue weighted by molar-refractivity contribution is 6.07. The molecular formula is C13H14N2O3. The van der Waals surface area contributed by atoms with Crippen molar-refractivity contribution in [3.63, 3.8) is 0 Å². The molecule has 2 aliphatic rings. The van der Waals surface area contributed by atoms with Crippen LogP contribution in [0.25, 0.3) is 0 Å². The summed E-state index contributed by atoms with van der Waals surface area (Å²) < 4.78 is 5.19. The first-order valence-corrected chi connectivity index (χ1v) is 5.97. The second-order valence-corrected chi connectivity index (χ2v) is 4.69. The molecule has 0 unspecified atom stereocenters. The molecule has 1 aromatic carbocycles. The highest BCUT2D eigenvalue weighted by atomic mass is 16.5. The third-order valence-corrected chi connectivity index (χ3v) is 3.71. The first-order chi connectivity index (χ1) is 8.65. The second-order valence-electron chi connectivity index (χ2n) is 4.69. The van der Waals surface area contributed by atoms with E-state index in [0.29, 0.717) is 6.42 Å². The number of methoxy groups -OCH3 is 1. The third-order valence-electron chi connectivity index (χ3n) is 3.71. The van der Waals surface area contributed by atoms with Crippen molar-refractivity contribution in [1.29, 1.82) is 0 Å². The minimum Gasteiger partial charge on any atom is -0.497 e. The number of fused-ring (bicyclic) bond motifs is 2. The summed E-state index contributed by atoms with van der Waals surface area (Å²) in [6.07, 6.45) is 2.41. The highest BCUT2D eigenvalue weighted by Gasteiger charge is 2.49. The SMILES string of the molecule is COc1ccc2c(c1)CCC[C@@]21NC(=O)NC1=O. The molecule has 5 heteroatoms. The van der Waals surface area contributed by atoms with Crippen LogP contribution in [-0.2, 0) is 16.8 Å². The molecule has 3 amide bonds. The number of aryl methyl sites for hydroxylation is 1. The second kappa shape index (κ2) is 3.73. The van der Waals surface area contributed by atoms with Crippen LogP contribution in [0.15, 0.2) is 18.2 Å². The zero-order valence-corrected chi connectivity index (χ0v) is 10.1. The lowest BCUT2D eigenvalue weighted by atomic mass is 9.76. The number of hydrogen-bond acceptors (Lipinski definition) is 3. The number of ether oxygens (including phenoxy) is 1. The fourth-order valence-corrected chi connectivity index (χ4v) is 2.86. The average molecular weight is 246 g/mol. The Morgan fingerprint density at radius 2 is 2.17 bits per heavy atom. The number of hydrogen-bond donors (Lipinski definition) is 2. The van der Waals surface area contributed by atoms with Gasteiger partial charge in [-0.3, -0.25) is 10.1 Å². The molecule has 1 fully saturated rings. The minimum atomic E-state index is -0.878. The van der Waals surface area contributed by atoms with Crippen molar-refractivity contribution in [2.45, 2.75) is 24.8 Å². The predicted molar refractivity (Wildman–Crippen MR) is 64.3 cm³/mol. The topological polar surface area (TPSA) is 67.4 Å². The van der Waals surface area contributed by atoms with Gasteiger partial charge in [-0.25, -0.2) is 4.79 Å². The summed E-state index contributed by atoms with van der Waals surface area (Å²) in [7, 11) is 1.62. The quantitative estimate of drug-likeness (QED) is 0.728. The number of carbonyl (C=O) groups excluding carboxylic acids is 2. The first-order valence-electron chi connectivity index (χ1n) is 5.97. The maximum atomic E-state index is 12.1. The standard InChI is InChI=1S/C13H14N2O3/c1-18-9-4-5-10-8(7-9)3-2-6-13(10)11(16)14-12(17)15-13/h4-5,7H,2-3,6H2,1H3,(H2,14,15,16,17)/t13-/m1/s1. The van der Waals surface area contributed by atoms with Gasteiger partial charge < -0.3 is 10.1 Å². The number of amides is 3. The Morgan fingerprint density at radius 3 is 2.83 bits per heavy atom. The Balaban J connectivity index is 2.12. The fourth-order valence-electron chi connectivity index (χ4n) is 2.86. The Hall–Kier alpha value is -2.04. The lowest BCUT2D eigenvalue weighted by Crippen LogP contribution is -2.46. The molecule has 3 rings (SSSR count). The number of imide groups is 1. The summed E-state index contributed by atoms with van der Waals surface area (Å²) in [4.78, 5) is 23.4. The van der Waals surface area contributed by atoms with Crippen molar-refractivity contribution in [2.75, 3.05) is 7.11 Å². The third kappa shape index (κ3) is 1.40. The van der Waals surface area contributed by atoms with Gasteiger partial charge in [0.2, 0.25) is 0 Å². The minimum absolute atomic E-state index is 0.251. The van der Waals surface area contributed by atoms with Gasteiger partial charge in [0, 0.05) is 0 Å². The molecule has 1 aliphatic carbocycles. The van der Waals surface area contributed by atoms with Crippen LogP contribution in [0.2, 0.25) is 0 Å². The molecule has 0 saturated carbocycles. The van der Waals surface area contributed by atoms with Crippen molar-refractivity contribution < 1.29 is 14.3 Å². The number of carbonyl (C=O) groups is 2. The van der Waals surface area contributed by atoms with Crippen LogP contribution in [0.1, 0.15) is 24.0 Å². The maximum Gasteiger partial charge on any atom is 0.322 e.